The first-order valence-electron chi connectivity index (χ1n) is 11.8. The molecule has 2 aromatic heterocycles. The first-order chi connectivity index (χ1) is 16.8. The Morgan fingerprint density at radius 3 is 2.43 bits per heavy atom. The highest BCUT2D eigenvalue weighted by Gasteiger charge is 2.19. The van der Waals surface area contributed by atoms with Crippen molar-refractivity contribution < 1.29 is 23.5 Å². The zero-order valence-electron chi connectivity index (χ0n) is 20.1. The lowest BCUT2D eigenvalue weighted by Gasteiger charge is -2.19. The second-order valence-corrected chi connectivity index (χ2v) is 8.82. The van der Waals surface area contributed by atoms with Gasteiger partial charge in [-0.05, 0) is 43.9 Å². The van der Waals surface area contributed by atoms with E-state index >= 15 is 0 Å². The summed E-state index contributed by atoms with van der Waals surface area (Å²) in [4.78, 5) is 36.5. The summed E-state index contributed by atoms with van der Waals surface area (Å²) in [7, 11) is 0. The third kappa shape index (κ3) is 4.99. The van der Waals surface area contributed by atoms with E-state index in [9.17, 15) is 19.5 Å². The van der Waals surface area contributed by atoms with Gasteiger partial charge < -0.3 is 24.1 Å². The van der Waals surface area contributed by atoms with Crippen LogP contribution in [0.4, 0.5) is 0 Å². The Kier molecular flexibility index (Phi) is 7.05. The molecule has 1 amide bonds. The molecule has 182 valence electrons. The molecule has 0 radical (unpaired) electrons. The maximum atomic E-state index is 12.7. The Hall–Kier alpha value is -3.87. The number of benzene rings is 2. The fraction of sp³-hybridized carbons (Fsp3) is 0.321. The highest BCUT2D eigenvalue weighted by atomic mass is 16.4. The summed E-state index contributed by atoms with van der Waals surface area (Å²) in [5.74, 6) is -0.979. The molecule has 7 nitrogen and oxygen atoms in total. The van der Waals surface area contributed by atoms with Crippen molar-refractivity contribution in [2.24, 2.45) is 0 Å². The van der Waals surface area contributed by atoms with Crippen molar-refractivity contribution in [3.63, 3.8) is 0 Å². The second kappa shape index (κ2) is 10.2. The number of fused-ring (bicyclic) bond motifs is 2. The van der Waals surface area contributed by atoms with Gasteiger partial charge in [0.2, 0.25) is 5.91 Å². The van der Waals surface area contributed by atoms with Gasteiger partial charge in [0.1, 0.15) is 16.9 Å². The van der Waals surface area contributed by atoms with E-state index < -0.39 is 23.5 Å². The Morgan fingerprint density at radius 2 is 1.74 bits per heavy atom. The molecule has 0 aliphatic carbocycles. The number of carbonyl (C=O) groups excluding carboxylic acids is 2. The van der Waals surface area contributed by atoms with Crippen LogP contribution in [0.15, 0.2) is 56.1 Å². The molecule has 4 rings (SSSR count). The molecule has 7 heteroatoms. The topological polar surface area (TPSA) is 113 Å². The number of aryl methyl sites for hydroxylation is 2. The fourth-order valence-electron chi connectivity index (χ4n) is 4.52. The summed E-state index contributed by atoms with van der Waals surface area (Å²) in [6.45, 7) is 5.68. The SMILES string of the molecule is CCCC[C@H](NC(=O)CCc1c(C)c2cc3c(-c4ccccc4)c(C)oc3cc2oc1=O)C(=O)[O-]. The molecule has 2 heterocycles. The molecule has 0 bridgehead atoms. The van der Waals surface area contributed by atoms with E-state index in [1.54, 1.807) is 6.07 Å². The Balaban J connectivity index is 1.65. The summed E-state index contributed by atoms with van der Waals surface area (Å²) in [6, 6.07) is 12.6. The van der Waals surface area contributed by atoms with Crippen LogP contribution in [-0.4, -0.2) is 17.9 Å². The molecule has 0 aliphatic heterocycles. The Bertz CT molecular complexity index is 1450. The van der Waals surface area contributed by atoms with Crippen LogP contribution < -0.4 is 16.0 Å². The van der Waals surface area contributed by atoms with Crippen molar-refractivity contribution in [3.05, 3.63) is 69.8 Å². The summed E-state index contributed by atoms with van der Waals surface area (Å²) in [5, 5.41) is 15.5. The highest BCUT2D eigenvalue weighted by molar-refractivity contribution is 6.03. The van der Waals surface area contributed by atoms with Crippen LogP contribution in [0.3, 0.4) is 0 Å². The zero-order chi connectivity index (χ0) is 25.1. The van der Waals surface area contributed by atoms with Gasteiger partial charge in [0, 0.05) is 34.4 Å². The summed E-state index contributed by atoms with van der Waals surface area (Å²) >= 11 is 0. The molecule has 35 heavy (non-hydrogen) atoms. The number of hydrogen-bond donors (Lipinski definition) is 1. The standard InChI is InChI=1S/C28H29NO6/c1-4-5-11-22(27(31)32)29-25(30)13-12-19-16(2)20-14-21-24(15-23(20)35-28(19)33)34-17(3)26(21)18-9-7-6-8-10-18/h6-10,14-15,22H,4-5,11-13H2,1-3H3,(H,29,30)(H,31,32)/p-1/t22-/m0/s1. The molecule has 0 fully saturated rings. The predicted molar refractivity (Wildman–Crippen MR) is 132 cm³/mol. The summed E-state index contributed by atoms with van der Waals surface area (Å²) in [5.41, 5.74) is 3.66. The zero-order valence-corrected chi connectivity index (χ0v) is 20.1. The highest BCUT2D eigenvalue weighted by Crippen LogP contribution is 2.37. The lowest BCUT2D eigenvalue weighted by Crippen LogP contribution is -2.47. The van der Waals surface area contributed by atoms with Gasteiger partial charge in [0.25, 0.3) is 0 Å². The van der Waals surface area contributed by atoms with Crippen LogP contribution >= 0.6 is 0 Å². The first kappa shape index (κ1) is 24.3. The Labute approximate surface area is 202 Å². The molecular formula is C28H28NO6-. The number of furan rings is 1. The smallest absolute Gasteiger partial charge is 0.339 e. The number of carbonyl (C=O) groups is 2. The van der Waals surface area contributed by atoms with E-state index in [-0.39, 0.29) is 12.8 Å². The third-order valence-electron chi connectivity index (χ3n) is 6.40. The van der Waals surface area contributed by atoms with E-state index in [0.717, 1.165) is 39.6 Å². The second-order valence-electron chi connectivity index (χ2n) is 8.82. The van der Waals surface area contributed by atoms with Gasteiger partial charge in [0.15, 0.2) is 0 Å². The van der Waals surface area contributed by atoms with Crippen LogP contribution in [0.25, 0.3) is 33.1 Å². The summed E-state index contributed by atoms with van der Waals surface area (Å²) < 4.78 is 11.6. The van der Waals surface area contributed by atoms with Gasteiger partial charge in [0.05, 0.1) is 12.0 Å². The molecule has 0 spiro atoms. The van der Waals surface area contributed by atoms with Gasteiger partial charge in [-0.2, -0.15) is 0 Å². The van der Waals surface area contributed by atoms with E-state index in [2.05, 4.69) is 5.32 Å². The van der Waals surface area contributed by atoms with E-state index in [1.807, 2.05) is 57.2 Å². The normalized spacial score (nSPS) is 12.2. The molecule has 0 aliphatic rings. The van der Waals surface area contributed by atoms with E-state index in [4.69, 9.17) is 8.83 Å². The van der Waals surface area contributed by atoms with Crippen LogP contribution in [0.1, 0.15) is 49.5 Å². The molecular weight excluding hydrogens is 446 g/mol. The molecule has 0 unspecified atom stereocenters. The maximum absolute atomic E-state index is 12.7. The number of carboxylic acids is 1. The van der Waals surface area contributed by atoms with E-state index in [0.29, 0.717) is 29.6 Å². The molecule has 0 saturated carbocycles. The third-order valence-corrected chi connectivity index (χ3v) is 6.40. The lowest BCUT2D eigenvalue weighted by atomic mass is 9.98. The van der Waals surface area contributed by atoms with Crippen LogP contribution in [0, 0.1) is 13.8 Å². The van der Waals surface area contributed by atoms with Crippen molar-refractivity contribution in [2.45, 2.75) is 58.9 Å². The van der Waals surface area contributed by atoms with Gasteiger partial charge >= 0.3 is 5.63 Å². The maximum Gasteiger partial charge on any atom is 0.339 e. The minimum atomic E-state index is -1.30. The van der Waals surface area contributed by atoms with Crippen molar-refractivity contribution >= 4 is 33.8 Å². The minimum absolute atomic E-state index is 0.0324. The number of aliphatic carboxylic acids is 1. The molecule has 1 atom stereocenters. The molecule has 0 saturated heterocycles. The van der Waals surface area contributed by atoms with Crippen molar-refractivity contribution in [2.75, 3.05) is 0 Å². The van der Waals surface area contributed by atoms with Crippen molar-refractivity contribution in [1.82, 2.24) is 5.32 Å². The van der Waals surface area contributed by atoms with Gasteiger partial charge in [-0.1, -0.05) is 50.1 Å². The Morgan fingerprint density at radius 1 is 1.03 bits per heavy atom. The number of amides is 1. The number of unbranched alkanes of at least 4 members (excludes halogenated alkanes) is 1. The number of carboxylic acid groups (broad SMARTS) is 1. The monoisotopic (exact) mass is 474 g/mol. The number of hydrogen-bond acceptors (Lipinski definition) is 6. The minimum Gasteiger partial charge on any atom is -0.548 e. The average molecular weight is 475 g/mol. The predicted octanol–water partition coefficient (Wildman–Crippen LogP) is 4.18. The number of rotatable bonds is 9. The van der Waals surface area contributed by atoms with Gasteiger partial charge in [-0.25, -0.2) is 4.79 Å². The van der Waals surface area contributed by atoms with Crippen LogP contribution in [-0.2, 0) is 16.0 Å². The van der Waals surface area contributed by atoms with E-state index in [1.165, 1.54) is 0 Å². The number of nitrogens with one attached hydrogen (secondary N) is 1. The summed E-state index contributed by atoms with van der Waals surface area (Å²) in [6.07, 6.45) is 1.89. The van der Waals surface area contributed by atoms with Crippen molar-refractivity contribution in [1.29, 1.82) is 0 Å². The molecule has 2 aromatic carbocycles. The van der Waals surface area contributed by atoms with Gasteiger partial charge in [-0.15, -0.1) is 0 Å². The molecule has 4 aromatic rings. The lowest BCUT2D eigenvalue weighted by molar-refractivity contribution is -0.308. The first-order valence-corrected chi connectivity index (χ1v) is 11.8. The quantitative estimate of drug-likeness (QED) is 0.364. The van der Waals surface area contributed by atoms with Crippen LogP contribution in [0.2, 0.25) is 0 Å². The van der Waals surface area contributed by atoms with Crippen molar-refractivity contribution in [3.8, 4) is 11.1 Å². The average Bonchev–Trinajstić information content (AvgIpc) is 3.15. The fourth-order valence-corrected chi connectivity index (χ4v) is 4.52. The largest absolute Gasteiger partial charge is 0.548 e. The van der Waals surface area contributed by atoms with Gasteiger partial charge in [-0.3, -0.25) is 4.79 Å². The van der Waals surface area contributed by atoms with Crippen LogP contribution in [0.5, 0.6) is 0 Å². The molecule has 1 N–H and O–H groups in total.